The Morgan fingerprint density at radius 1 is 1.26 bits per heavy atom. The fraction of sp³-hybridized carbons (Fsp3) is 0.500. The van der Waals surface area contributed by atoms with Gasteiger partial charge < -0.3 is 10.6 Å². The third-order valence-electron chi connectivity index (χ3n) is 2.75. The molecule has 0 radical (unpaired) electrons. The van der Waals surface area contributed by atoms with E-state index in [-0.39, 0.29) is 29.7 Å². The number of hydrogen-bond acceptors (Lipinski definition) is 3. The summed E-state index contributed by atoms with van der Waals surface area (Å²) < 4.78 is 22.2. The fourth-order valence-electron chi connectivity index (χ4n) is 1.70. The first-order chi connectivity index (χ1) is 10.3. The van der Waals surface area contributed by atoms with Gasteiger partial charge in [0.05, 0.1) is 12.3 Å². The van der Waals surface area contributed by atoms with Crippen LogP contribution < -0.4 is 10.6 Å². The first-order valence-electron chi connectivity index (χ1n) is 6.95. The average molecular weight is 494 g/mol. The van der Waals surface area contributed by atoms with E-state index in [4.69, 9.17) is 23.2 Å². The molecule has 1 aromatic carbocycles. The summed E-state index contributed by atoms with van der Waals surface area (Å²) in [5.41, 5.74) is 0.874. The van der Waals surface area contributed by atoms with Gasteiger partial charge in [0.25, 0.3) is 0 Å². The Hall–Kier alpha value is -0.250. The van der Waals surface area contributed by atoms with E-state index in [2.05, 4.69) is 15.6 Å². The maximum absolute atomic E-state index is 11.1. The molecule has 1 rings (SSSR count). The zero-order valence-corrected chi connectivity index (χ0v) is 17.8. The van der Waals surface area contributed by atoms with E-state index in [0.29, 0.717) is 42.1 Å². The lowest BCUT2D eigenvalue weighted by Gasteiger charge is -2.11. The molecule has 0 saturated heterocycles. The minimum absolute atomic E-state index is 0. The molecule has 1 aromatic rings. The maximum atomic E-state index is 11.1. The summed E-state index contributed by atoms with van der Waals surface area (Å²) in [6.07, 6.45) is 1.76. The van der Waals surface area contributed by atoms with Crippen LogP contribution in [0.4, 0.5) is 0 Å². The molecular formula is C14H22Cl2IN3O2S. The second-order valence-electron chi connectivity index (χ2n) is 4.84. The number of guanidine groups is 1. The highest BCUT2D eigenvalue weighted by atomic mass is 127. The first kappa shape index (κ1) is 22.8. The number of nitrogens with zero attached hydrogens (tertiary/aromatic N) is 1. The van der Waals surface area contributed by atoms with Crippen molar-refractivity contribution in [2.75, 3.05) is 25.1 Å². The summed E-state index contributed by atoms with van der Waals surface area (Å²) in [6.45, 7) is 3.62. The number of halogens is 3. The molecule has 23 heavy (non-hydrogen) atoms. The molecule has 0 atom stereocenters. The Labute approximate surface area is 165 Å². The molecule has 0 aliphatic rings. The monoisotopic (exact) mass is 493 g/mol. The zero-order valence-electron chi connectivity index (χ0n) is 13.1. The third-order valence-corrected chi connectivity index (χ3v) is 4.37. The van der Waals surface area contributed by atoms with Crippen molar-refractivity contribution >= 4 is 63.0 Å². The second-order valence-corrected chi connectivity index (χ2v) is 7.94. The molecule has 0 bridgehead atoms. The van der Waals surface area contributed by atoms with Crippen LogP contribution in [0.15, 0.2) is 23.2 Å². The molecule has 0 unspecified atom stereocenters. The van der Waals surface area contributed by atoms with Gasteiger partial charge in [-0.15, -0.1) is 24.0 Å². The molecule has 0 spiro atoms. The number of benzene rings is 1. The topological polar surface area (TPSA) is 70.6 Å². The highest BCUT2D eigenvalue weighted by Crippen LogP contribution is 2.21. The van der Waals surface area contributed by atoms with E-state index < -0.39 is 9.84 Å². The molecule has 0 aliphatic heterocycles. The largest absolute Gasteiger partial charge is 0.357 e. The van der Waals surface area contributed by atoms with Crippen molar-refractivity contribution in [1.29, 1.82) is 0 Å². The highest BCUT2D eigenvalue weighted by molar-refractivity contribution is 14.0. The summed E-state index contributed by atoms with van der Waals surface area (Å²) in [5.74, 6) is 0.782. The number of rotatable bonds is 7. The Morgan fingerprint density at radius 2 is 1.96 bits per heavy atom. The Morgan fingerprint density at radius 3 is 2.52 bits per heavy atom. The zero-order chi connectivity index (χ0) is 16.6. The Balaban J connectivity index is 0.00000484. The number of nitrogens with one attached hydrogen (secondary N) is 2. The van der Waals surface area contributed by atoms with E-state index in [1.54, 1.807) is 12.1 Å². The predicted molar refractivity (Wildman–Crippen MR) is 109 cm³/mol. The van der Waals surface area contributed by atoms with Crippen molar-refractivity contribution in [3.05, 3.63) is 33.8 Å². The second kappa shape index (κ2) is 11.3. The van der Waals surface area contributed by atoms with Gasteiger partial charge in [0.2, 0.25) is 0 Å². The molecule has 0 amide bonds. The molecule has 0 heterocycles. The van der Waals surface area contributed by atoms with Crippen molar-refractivity contribution in [2.45, 2.75) is 19.9 Å². The van der Waals surface area contributed by atoms with Gasteiger partial charge in [-0.3, -0.25) is 0 Å². The van der Waals surface area contributed by atoms with Crippen molar-refractivity contribution < 1.29 is 8.42 Å². The van der Waals surface area contributed by atoms with Gasteiger partial charge in [0, 0.05) is 29.4 Å². The Bertz CT molecular complexity index is 624. The standard InChI is InChI=1S/C14H21Cl2N3O2S.HI/c1-3-17-14(18-7-4-8-22(2,20)21)19-10-11-5-6-12(15)9-13(11)16;/h5-6,9H,3-4,7-8,10H2,1-2H3,(H2,17,18,19);1H. The normalized spacial score (nSPS) is 11.7. The molecule has 132 valence electrons. The van der Waals surface area contributed by atoms with Gasteiger partial charge in [-0.2, -0.15) is 0 Å². The summed E-state index contributed by atoms with van der Waals surface area (Å²) in [5, 5.41) is 7.36. The van der Waals surface area contributed by atoms with Crippen LogP contribution in [0.25, 0.3) is 0 Å². The van der Waals surface area contributed by atoms with E-state index in [1.807, 2.05) is 13.0 Å². The minimum atomic E-state index is -2.93. The van der Waals surface area contributed by atoms with Crippen LogP contribution in [0.2, 0.25) is 10.0 Å². The first-order valence-corrected chi connectivity index (χ1v) is 9.77. The lowest BCUT2D eigenvalue weighted by molar-refractivity contribution is 0.598. The van der Waals surface area contributed by atoms with Crippen molar-refractivity contribution in [2.24, 2.45) is 4.99 Å². The predicted octanol–water partition coefficient (Wildman–Crippen LogP) is 3.10. The van der Waals surface area contributed by atoms with E-state index >= 15 is 0 Å². The maximum Gasteiger partial charge on any atom is 0.191 e. The molecule has 0 aliphatic carbocycles. The van der Waals surface area contributed by atoms with Crippen molar-refractivity contribution in [1.82, 2.24) is 10.6 Å². The molecule has 9 heteroatoms. The summed E-state index contributed by atoms with van der Waals surface area (Å²) in [7, 11) is -2.93. The van der Waals surface area contributed by atoms with E-state index in [1.165, 1.54) is 6.26 Å². The minimum Gasteiger partial charge on any atom is -0.357 e. The lowest BCUT2D eigenvalue weighted by Crippen LogP contribution is -2.38. The molecule has 0 aromatic heterocycles. The molecule has 2 N–H and O–H groups in total. The SMILES string of the molecule is CCNC(=NCc1ccc(Cl)cc1Cl)NCCCS(C)(=O)=O.I. The van der Waals surface area contributed by atoms with Gasteiger partial charge in [0.1, 0.15) is 9.84 Å². The van der Waals surface area contributed by atoms with Crippen LogP contribution in [-0.2, 0) is 16.4 Å². The molecule has 0 fully saturated rings. The van der Waals surface area contributed by atoms with Gasteiger partial charge in [0.15, 0.2) is 5.96 Å². The van der Waals surface area contributed by atoms with Crippen LogP contribution in [-0.4, -0.2) is 39.5 Å². The van der Waals surface area contributed by atoms with Gasteiger partial charge >= 0.3 is 0 Å². The van der Waals surface area contributed by atoms with Gasteiger partial charge in [-0.1, -0.05) is 29.3 Å². The van der Waals surface area contributed by atoms with Crippen LogP contribution >= 0.6 is 47.2 Å². The quantitative estimate of drug-likeness (QED) is 0.265. The number of hydrogen-bond donors (Lipinski definition) is 2. The van der Waals surface area contributed by atoms with Crippen LogP contribution in [0, 0.1) is 0 Å². The average Bonchev–Trinajstić information content (AvgIpc) is 2.41. The summed E-state index contributed by atoms with van der Waals surface area (Å²) in [6, 6.07) is 5.28. The molecule has 5 nitrogen and oxygen atoms in total. The fourth-order valence-corrected chi connectivity index (χ4v) is 2.83. The summed E-state index contributed by atoms with van der Waals surface area (Å²) >= 11 is 12.0. The van der Waals surface area contributed by atoms with Gasteiger partial charge in [-0.05, 0) is 31.0 Å². The van der Waals surface area contributed by atoms with Crippen molar-refractivity contribution in [3.63, 3.8) is 0 Å². The smallest absolute Gasteiger partial charge is 0.191 e. The Kier molecular flexibility index (Phi) is 11.2. The van der Waals surface area contributed by atoms with Crippen LogP contribution in [0.1, 0.15) is 18.9 Å². The van der Waals surface area contributed by atoms with Gasteiger partial charge in [-0.25, -0.2) is 13.4 Å². The molecule has 0 saturated carbocycles. The number of aliphatic imine (C=N–C) groups is 1. The third kappa shape index (κ3) is 10.3. The molecular weight excluding hydrogens is 472 g/mol. The van der Waals surface area contributed by atoms with Crippen LogP contribution in [0.3, 0.4) is 0 Å². The van der Waals surface area contributed by atoms with Crippen molar-refractivity contribution in [3.8, 4) is 0 Å². The van der Waals surface area contributed by atoms with E-state index in [9.17, 15) is 8.42 Å². The van der Waals surface area contributed by atoms with Crippen LogP contribution in [0.5, 0.6) is 0 Å². The number of sulfone groups is 1. The van der Waals surface area contributed by atoms with E-state index in [0.717, 1.165) is 5.56 Å². The summed E-state index contributed by atoms with van der Waals surface area (Å²) in [4.78, 5) is 4.43. The highest BCUT2D eigenvalue weighted by Gasteiger charge is 2.04. The lowest BCUT2D eigenvalue weighted by atomic mass is 10.2.